The summed E-state index contributed by atoms with van der Waals surface area (Å²) < 4.78 is 0. The maximum Gasteiger partial charge on any atom is 0.335 e. The molecule has 2 N–H and O–H groups in total. The Morgan fingerprint density at radius 2 is 1.95 bits per heavy atom. The highest BCUT2D eigenvalue weighted by atomic mass is 16.4. The smallest absolute Gasteiger partial charge is 0.335 e. The molecule has 0 aliphatic heterocycles. The number of para-hydroxylation sites is 1. The van der Waals surface area contributed by atoms with E-state index in [1.165, 1.54) is 6.33 Å². The van der Waals surface area contributed by atoms with Gasteiger partial charge in [0.25, 0.3) is 0 Å². The number of fused-ring (bicyclic) bond motifs is 1. The predicted molar refractivity (Wildman–Crippen MR) is 80.3 cm³/mol. The maximum absolute atomic E-state index is 11.0. The number of aromatic nitrogens is 2. The molecule has 3 aromatic rings. The van der Waals surface area contributed by atoms with Crippen LogP contribution in [0.2, 0.25) is 0 Å². The van der Waals surface area contributed by atoms with Crippen LogP contribution in [0.3, 0.4) is 0 Å². The van der Waals surface area contributed by atoms with Gasteiger partial charge in [-0.2, -0.15) is 0 Å². The van der Waals surface area contributed by atoms with Gasteiger partial charge in [-0.1, -0.05) is 24.3 Å². The quantitative estimate of drug-likeness (QED) is 0.768. The summed E-state index contributed by atoms with van der Waals surface area (Å²) in [6.45, 7) is 0.502. The summed E-state index contributed by atoms with van der Waals surface area (Å²) in [5.74, 6) is -0.189. The lowest BCUT2D eigenvalue weighted by atomic mass is 10.1. The lowest BCUT2D eigenvalue weighted by Crippen LogP contribution is -2.04. The third kappa shape index (κ3) is 2.81. The monoisotopic (exact) mass is 279 g/mol. The number of nitrogens with one attached hydrogen (secondary N) is 1. The van der Waals surface area contributed by atoms with E-state index in [1.807, 2.05) is 30.3 Å². The molecule has 1 aromatic heterocycles. The van der Waals surface area contributed by atoms with Crippen molar-refractivity contribution >= 4 is 22.7 Å². The zero-order valence-corrected chi connectivity index (χ0v) is 11.2. The number of anilines is 1. The highest BCUT2D eigenvalue weighted by Crippen LogP contribution is 2.19. The van der Waals surface area contributed by atoms with Gasteiger partial charge in [0, 0.05) is 11.9 Å². The predicted octanol–water partition coefficient (Wildman–Crippen LogP) is 2.94. The summed E-state index contributed by atoms with van der Waals surface area (Å²) in [5, 5.41) is 13.2. The second kappa shape index (κ2) is 5.58. The molecule has 3 rings (SSSR count). The first-order valence-corrected chi connectivity index (χ1v) is 6.50. The van der Waals surface area contributed by atoms with E-state index in [0.717, 1.165) is 22.3 Å². The van der Waals surface area contributed by atoms with Crippen molar-refractivity contribution in [3.63, 3.8) is 0 Å². The van der Waals surface area contributed by atoms with Crippen LogP contribution in [0.5, 0.6) is 0 Å². The number of carboxylic acids is 1. The Labute approximate surface area is 121 Å². The van der Waals surface area contributed by atoms with Gasteiger partial charge in [-0.25, -0.2) is 14.8 Å². The molecule has 0 aliphatic rings. The number of nitrogens with zero attached hydrogens (tertiary/aromatic N) is 2. The number of hydrogen-bond acceptors (Lipinski definition) is 4. The Balaban J connectivity index is 1.84. The fourth-order valence-corrected chi connectivity index (χ4v) is 2.15. The highest BCUT2D eigenvalue weighted by Gasteiger charge is 2.05. The number of carbonyl (C=O) groups is 1. The van der Waals surface area contributed by atoms with Gasteiger partial charge >= 0.3 is 5.97 Å². The van der Waals surface area contributed by atoms with E-state index in [1.54, 1.807) is 18.2 Å². The Morgan fingerprint density at radius 1 is 1.10 bits per heavy atom. The van der Waals surface area contributed by atoms with Gasteiger partial charge in [0.05, 0.1) is 11.1 Å². The van der Waals surface area contributed by atoms with Gasteiger partial charge in [0.15, 0.2) is 0 Å². The third-order valence-electron chi connectivity index (χ3n) is 3.18. The van der Waals surface area contributed by atoms with Crippen LogP contribution in [0.15, 0.2) is 54.9 Å². The molecule has 0 unspecified atom stereocenters. The second-order valence-corrected chi connectivity index (χ2v) is 4.60. The number of carboxylic acid groups (broad SMARTS) is 1. The minimum Gasteiger partial charge on any atom is -0.478 e. The van der Waals surface area contributed by atoms with Crippen LogP contribution in [0.25, 0.3) is 10.9 Å². The maximum atomic E-state index is 11.0. The minimum atomic E-state index is -0.927. The van der Waals surface area contributed by atoms with E-state index >= 15 is 0 Å². The molecule has 0 saturated carbocycles. The summed E-state index contributed by atoms with van der Waals surface area (Å²) >= 11 is 0. The fraction of sp³-hybridized carbons (Fsp3) is 0.0625. The van der Waals surface area contributed by atoms with Gasteiger partial charge < -0.3 is 10.4 Å². The molecule has 0 radical (unpaired) electrons. The largest absolute Gasteiger partial charge is 0.478 e. The summed E-state index contributed by atoms with van der Waals surface area (Å²) in [4.78, 5) is 19.4. The molecule has 5 heteroatoms. The zero-order chi connectivity index (χ0) is 14.7. The Bertz CT molecular complexity index is 797. The molecule has 21 heavy (non-hydrogen) atoms. The van der Waals surface area contributed by atoms with Gasteiger partial charge in [-0.05, 0) is 29.8 Å². The molecule has 2 aromatic carbocycles. The molecule has 0 spiro atoms. The molecule has 1 heterocycles. The average Bonchev–Trinajstić information content (AvgIpc) is 2.53. The van der Waals surface area contributed by atoms with Gasteiger partial charge in [0.1, 0.15) is 12.1 Å². The molecule has 5 nitrogen and oxygen atoms in total. The molecular formula is C16H13N3O2. The molecule has 0 aliphatic carbocycles. The van der Waals surface area contributed by atoms with Crippen molar-refractivity contribution < 1.29 is 9.90 Å². The van der Waals surface area contributed by atoms with Crippen molar-refractivity contribution in [1.82, 2.24) is 9.97 Å². The fourth-order valence-electron chi connectivity index (χ4n) is 2.15. The topological polar surface area (TPSA) is 75.1 Å². The van der Waals surface area contributed by atoms with Gasteiger partial charge in [-0.3, -0.25) is 0 Å². The number of benzene rings is 2. The zero-order valence-electron chi connectivity index (χ0n) is 11.2. The first-order valence-electron chi connectivity index (χ1n) is 6.50. The van der Waals surface area contributed by atoms with Crippen LogP contribution in [-0.4, -0.2) is 21.0 Å². The number of aromatic carboxylic acids is 1. The summed E-state index contributed by atoms with van der Waals surface area (Å²) in [6.07, 6.45) is 1.51. The lowest BCUT2D eigenvalue weighted by molar-refractivity contribution is 0.0697. The van der Waals surface area contributed by atoms with E-state index in [2.05, 4.69) is 15.3 Å². The first-order chi connectivity index (χ1) is 10.2. The molecule has 0 saturated heterocycles. The number of hydrogen-bond donors (Lipinski definition) is 2. The Kier molecular flexibility index (Phi) is 3.47. The summed E-state index contributed by atoms with van der Waals surface area (Å²) in [6, 6.07) is 14.6. The van der Waals surface area contributed by atoms with Crippen molar-refractivity contribution in [2.45, 2.75) is 6.54 Å². The summed E-state index contributed by atoms with van der Waals surface area (Å²) in [5.41, 5.74) is 2.04. The van der Waals surface area contributed by atoms with Crippen LogP contribution >= 0.6 is 0 Å². The van der Waals surface area contributed by atoms with Crippen molar-refractivity contribution in [1.29, 1.82) is 0 Å². The normalized spacial score (nSPS) is 10.5. The van der Waals surface area contributed by atoms with Crippen LogP contribution in [0.4, 0.5) is 5.82 Å². The molecule has 0 atom stereocenters. The van der Waals surface area contributed by atoms with Crippen molar-refractivity contribution in [2.75, 3.05) is 5.32 Å². The van der Waals surface area contributed by atoms with E-state index < -0.39 is 5.97 Å². The standard InChI is InChI=1S/C16H13N3O2/c20-16(21)12-5-3-4-11(8-12)9-17-15-13-6-1-2-7-14(13)18-10-19-15/h1-8,10H,9H2,(H,20,21)(H,17,18,19). The van der Waals surface area contributed by atoms with Crippen molar-refractivity contribution in [3.8, 4) is 0 Å². The van der Waals surface area contributed by atoms with Gasteiger partial charge in [-0.15, -0.1) is 0 Å². The van der Waals surface area contributed by atoms with Crippen LogP contribution in [0, 0.1) is 0 Å². The number of rotatable bonds is 4. The van der Waals surface area contributed by atoms with Crippen molar-refractivity contribution in [3.05, 3.63) is 66.0 Å². The summed E-state index contributed by atoms with van der Waals surface area (Å²) in [7, 11) is 0. The van der Waals surface area contributed by atoms with E-state index in [0.29, 0.717) is 6.54 Å². The van der Waals surface area contributed by atoms with Crippen LogP contribution in [-0.2, 0) is 6.54 Å². The van der Waals surface area contributed by atoms with Crippen LogP contribution < -0.4 is 5.32 Å². The molecular weight excluding hydrogens is 266 g/mol. The Morgan fingerprint density at radius 3 is 2.81 bits per heavy atom. The third-order valence-corrected chi connectivity index (χ3v) is 3.18. The highest BCUT2D eigenvalue weighted by molar-refractivity contribution is 5.89. The molecule has 0 amide bonds. The van der Waals surface area contributed by atoms with E-state index in [4.69, 9.17) is 5.11 Å². The molecule has 0 fully saturated rings. The Hall–Kier alpha value is -2.95. The molecule has 0 bridgehead atoms. The van der Waals surface area contributed by atoms with E-state index in [9.17, 15) is 4.79 Å². The minimum absolute atomic E-state index is 0.279. The van der Waals surface area contributed by atoms with Crippen LogP contribution in [0.1, 0.15) is 15.9 Å². The SMILES string of the molecule is O=C(O)c1cccc(CNc2ncnc3ccccc23)c1. The first kappa shape index (κ1) is 13.1. The average molecular weight is 279 g/mol. The van der Waals surface area contributed by atoms with E-state index in [-0.39, 0.29) is 5.56 Å². The molecule has 104 valence electrons. The second-order valence-electron chi connectivity index (χ2n) is 4.60. The van der Waals surface area contributed by atoms with Gasteiger partial charge in [0.2, 0.25) is 0 Å². The lowest BCUT2D eigenvalue weighted by Gasteiger charge is -2.08. The van der Waals surface area contributed by atoms with Crippen molar-refractivity contribution in [2.24, 2.45) is 0 Å².